The minimum Gasteiger partial charge on any atom is -0.465 e. The van der Waals surface area contributed by atoms with Gasteiger partial charge in [-0.2, -0.15) is 0 Å². The molecule has 6 heteroatoms. The van der Waals surface area contributed by atoms with Gasteiger partial charge in [-0.3, -0.25) is 0 Å². The number of carbonyl (C=O) groups excluding carboxylic acids is 2. The number of hydrogen-bond donors (Lipinski definition) is 2. The Labute approximate surface area is 145 Å². The number of benzene rings is 2. The van der Waals surface area contributed by atoms with Crippen molar-refractivity contribution in [3.05, 3.63) is 71.4 Å². The lowest BCUT2D eigenvalue weighted by Crippen LogP contribution is -2.37. The van der Waals surface area contributed by atoms with Crippen molar-refractivity contribution in [1.82, 2.24) is 5.32 Å². The second kappa shape index (κ2) is 7.09. The third kappa shape index (κ3) is 3.19. The Morgan fingerprint density at radius 3 is 2.24 bits per heavy atom. The third-order valence-electron chi connectivity index (χ3n) is 3.94. The molecule has 0 radical (unpaired) electrons. The van der Waals surface area contributed by atoms with Crippen molar-refractivity contribution >= 4 is 23.2 Å². The first-order valence-corrected chi connectivity index (χ1v) is 7.74. The first-order valence-electron chi connectivity index (χ1n) is 7.74. The maximum atomic E-state index is 12.3. The number of methoxy groups -OCH3 is 2. The van der Waals surface area contributed by atoms with Crippen LogP contribution in [0.15, 0.2) is 60.3 Å². The van der Waals surface area contributed by atoms with Crippen LogP contribution in [-0.2, 0) is 19.1 Å². The van der Waals surface area contributed by atoms with Crippen LogP contribution in [0.4, 0.5) is 5.69 Å². The molecule has 0 saturated heterocycles. The number of rotatable bonds is 4. The standard InChI is InChI=1S/C19H18N2O4/c1-24-18(22)15-13-10-6-7-11-14(13)17(21-16(15)19(23)25-2)20-12-8-4-3-5-9-12/h3-11,17,20-21H,1-2H3. The second-order valence-electron chi connectivity index (χ2n) is 5.41. The summed E-state index contributed by atoms with van der Waals surface area (Å²) in [5.74, 6) is -1.23. The monoisotopic (exact) mass is 338 g/mol. The van der Waals surface area contributed by atoms with E-state index in [2.05, 4.69) is 10.6 Å². The summed E-state index contributed by atoms with van der Waals surface area (Å²) in [6.07, 6.45) is -0.402. The number of hydrogen-bond acceptors (Lipinski definition) is 6. The third-order valence-corrected chi connectivity index (χ3v) is 3.94. The second-order valence-corrected chi connectivity index (χ2v) is 5.41. The Balaban J connectivity index is 2.10. The highest BCUT2D eigenvalue weighted by atomic mass is 16.5. The van der Waals surface area contributed by atoms with Crippen molar-refractivity contribution in [3.8, 4) is 0 Å². The van der Waals surface area contributed by atoms with Gasteiger partial charge in [0.15, 0.2) is 0 Å². The average molecular weight is 338 g/mol. The molecule has 1 unspecified atom stereocenters. The molecule has 1 atom stereocenters. The van der Waals surface area contributed by atoms with Crippen molar-refractivity contribution < 1.29 is 19.1 Å². The Hall–Kier alpha value is -3.28. The zero-order chi connectivity index (χ0) is 17.8. The van der Waals surface area contributed by atoms with E-state index in [1.54, 1.807) is 6.07 Å². The average Bonchev–Trinajstić information content (AvgIpc) is 2.67. The van der Waals surface area contributed by atoms with Crippen LogP contribution in [0.3, 0.4) is 0 Å². The van der Waals surface area contributed by atoms with Crippen molar-refractivity contribution in [3.63, 3.8) is 0 Å². The van der Waals surface area contributed by atoms with Gasteiger partial charge in [0, 0.05) is 11.3 Å². The SMILES string of the molecule is COC(=O)C1=C(C(=O)OC)c2ccccc2C(Nc2ccccc2)N1. The Kier molecular flexibility index (Phi) is 4.70. The van der Waals surface area contributed by atoms with E-state index in [0.717, 1.165) is 11.3 Å². The molecule has 0 fully saturated rings. The summed E-state index contributed by atoms with van der Waals surface area (Å²) in [4.78, 5) is 24.5. The molecule has 0 amide bonds. The first kappa shape index (κ1) is 16.6. The van der Waals surface area contributed by atoms with Crippen molar-refractivity contribution in [2.45, 2.75) is 6.17 Å². The van der Waals surface area contributed by atoms with E-state index in [1.807, 2.05) is 48.5 Å². The quantitative estimate of drug-likeness (QED) is 0.834. The predicted octanol–water partition coefficient (Wildman–Crippen LogP) is 2.46. The molecule has 1 heterocycles. The minimum absolute atomic E-state index is 0.0708. The summed E-state index contributed by atoms with van der Waals surface area (Å²) in [5, 5.41) is 6.39. The van der Waals surface area contributed by atoms with Crippen molar-refractivity contribution in [1.29, 1.82) is 0 Å². The summed E-state index contributed by atoms with van der Waals surface area (Å²) in [7, 11) is 2.55. The molecule has 1 aliphatic heterocycles. The number of esters is 2. The van der Waals surface area contributed by atoms with E-state index >= 15 is 0 Å². The van der Waals surface area contributed by atoms with Crippen LogP contribution < -0.4 is 10.6 Å². The van der Waals surface area contributed by atoms with Crippen molar-refractivity contribution in [2.24, 2.45) is 0 Å². The van der Waals surface area contributed by atoms with E-state index in [9.17, 15) is 9.59 Å². The molecule has 2 aromatic rings. The fourth-order valence-electron chi connectivity index (χ4n) is 2.80. The largest absolute Gasteiger partial charge is 0.465 e. The highest BCUT2D eigenvalue weighted by Crippen LogP contribution is 2.34. The van der Waals surface area contributed by atoms with Crippen LogP contribution in [0.1, 0.15) is 17.3 Å². The zero-order valence-corrected chi connectivity index (χ0v) is 13.9. The molecule has 2 N–H and O–H groups in total. The number of nitrogens with one attached hydrogen (secondary N) is 2. The van der Waals surface area contributed by atoms with Gasteiger partial charge in [0.1, 0.15) is 11.9 Å². The molecule has 128 valence electrons. The number of carbonyl (C=O) groups is 2. The molecule has 25 heavy (non-hydrogen) atoms. The van der Waals surface area contributed by atoms with Gasteiger partial charge in [-0.05, 0) is 17.7 Å². The smallest absolute Gasteiger partial charge is 0.355 e. The summed E-state index contributed by atoms with van der Waals surface area (Å²) in [5.41, 5.74) is 2.57. The molecule has 0 saturated carbocycles. The maximum absolute atomic E-state index is 12.3. The van der Waals surface area contributed by atoms with Crippen LogP contribution >= 0.6 is 0 Å². The van der Waals surface area contributed by atoms with E-state index in [-0.39, 0.29) is 11.3 Å². The normalized spacial score (nSPS) is 15.7. The summed E-state index contributed by atoms with van der Waals surface area (Å²) in [6, 6.07) is 16.9. The van der Waals surface area contributed by atoms with Gasteiger partial charge in [-0.25, -0.2) is 9.59 Å². The summed E-state index contributed by atoms with van der Waals surface area (Å²) in [6.45, 7) is 0. The maximum Gasteiger partial charge on any atom is 0.355 e. The van der Waals surface area contributed by atoms with Crippen LogP contribution in [0.2, 0.25) is 0 Å². The van der Waals surface area contributed by atoms with E-state index in [0.29, 0.717) is 5.56 Å². The molecule has 3 rings (SSSR count). The molecule has 0 aliphatic carbocycles. The lowest BCUT2D eigenvalue weighted by atomic mass is 9.92. The Morgan fingerprint density at radius 1 is 0.920 bits per heavy atom. The number of para-hydroxylation sites is 1. The van der Waals surface area contributed by atoms with Crippen molar-refractivity contribution in [2.75, 3.05) is 19.5 Å². The molecule has 1 aliphatic rings. The number of fused-ring (bicyclic) bond motifs is 1. The van der Waals surface area contributed by atoms with E-state index in [1.165, 1.54) is 14.2 Å². The fraction of sp³-hybridized carbons (Fsp3) is 0.158. The molecule has 2 aromatic carbocycles. The highest BCUT2D eigenvalue weighted by Gasteiger charge is 2.33. The molecule has 0 bridgehead atoms. The summed E-state index contributed by atoms with van der Waals surface area (Å²) < 4.78 is 9.69. The van der Waals surface area contributed by atoms with Gasteiger partial charge in [0.25, 0.3) is 0 Å². The number of anilines is 1. The number of ether oxygens (including phenoxy) is 2. The van der Waals surface area contributed by atoms with Gasteiger partial charge < -0.3 is 20.1 Å². The van der Waals surface area contributed by atoms with Gasteiger partial charge in [-0.15, -0.1) is 0 Å². The predicted molar refractivity (Wildman–Crippen MR) is 93.3 cm³/mol. The fourth-order valence-corrected chi connectivity index (χ4v) is 2.80. The first-order chi connectivity index (χ1) is 12.2. The molecule has 0 spiro atoms. The van der Waals surface area contributed by atoms with Crippen LogP contribution in [-0.4, -0.2) is 26.2 Å². The molecular weight excluding hydrogens is 320 g/mol. The van der Waals surface area contributed by atoms with Gasteiger partial charge in [-0.1, -0.05) is 42.5 Å². The van der Waals surface area contributed by atoms with E-state index < -0.39 is 18.1 Å². The highest BCUT2D eigenvalue weighted by molar-refractivity contribution is 6.23. The Morgan fingerprint density at radius 2 is 1.56 bits per heavy atom. The Bertz CT molecular complexity index is 830. The molecule has 6 nitrogen and oxygen atoms in total. The zero-order valence-electron chi connectivity index (χ0n) is 13.9. The summed E-state index contributed by atoms with van der Waals surface area (Å²) >= 11 is 0. The van der Waals surface area contributed by atoms with Crippen LogP contribution in [0.5, 0.6) is 0 Å². The van der Waals surface area contributed by atoms with Gasteiger partial charge in [0.05, 0.1) is 19.8 Å². The lowest BCUT2D eigenvalue weighted by Gasteiger charge is -2.31. The minimum atomic E-state index is -0.630. The van der Waals surface area contributed by atoms with Crippen LogP contribution in [0.25, 0.3) is 5.57 Å². The van der Waals surface area contributed by atoms with Crippen LogP contribution in [0, 0.1) is 0 Å². The van der Waals surface area contributed by atoms with Gasteiger partial charge in [0.2, 0.25) is 0 Å². The van der Waals surface area contributed by atoms with Gasteiger partial charge >= 0.3 is 11.9 Å². The molecular formula is C19H18N2O4. The topological polar surface area (TPSA) is 76.7 Å². The molecule has 0 aromatic heterocycles. The lowest BCUT2D eigenvalue weighted by molar-refractivity contribution is -0.138. The van der Waals surface area contributed by atoms with E-state index in [4.69, 9.17) is 9.47 Å².